The molecule has 0 saturated carbocycles. The molecule has 2 heterocycles. The lowest BCUT2D eigenvalue weighted by atomic mass is 9.92. The van der Waals surface area contributed by atoms with Crippen molar-refractivity contribution >= 4 is 6.09 Å². The highest BCUT2D eigenvalue weighted by atomic mass is 16.6. The highest BCUT2D eigenvalue weighted by Gasteiger charge is 2.55. The first-order chi connectivity index (χ1) is 8.72. The number of hydrogen-bond acceptors (Lipinski definition) is 3. The van der Waals surface area contributed by atoms with E-state index in [-0.39, 0.29) is 30.4 Å². The van der Waals surface area contributed by atoms with E-state index in [1.165, 1.54) is 7.11 Å². The highest BCUT2D eigenvalue weighted by molar-refractivity contribution is 5.69. The van der Waals surface area contributed by atoms with Crippen molar-refractivity contribution in [2.75, 3.05) is 7.11 Å². The number of nitrogens with zero attached hydrogens (tertiary/aromatic N) is 1. The van der Waals surface area contributed by atoms with E-state index in [9.17, 15) is 4.79 Å². The fourth-order valence-corrected chi connectivity index (χ4v) is 3.04. The van der Waals surface area contributed by atoms with E-state index in [1.54, 1.807) is 0 Å². The smallest absolute Gasteiger partial charge is 0.410 e. The molecule has 2 aliphatic heterocycles. The van der Waals surface area contributed by atoms with Crippen LogP contribution in [0.2, 0.25) is 0 Å². The van der Waals surface area contributed by atoms with Crippen LogP contribution < -0.4 is 0 Å². The summed E-state index contributed by atoms with van der Waals surface area (Å²) in [7, 11) is 1.43. The minimum Gasteiger partial charge on any atom is -0.453 e. The second-order valence-corrected chi connectivity index (χ2v) is 4.96. The summed E-state index contributed by atoms with van der Waals surface area (Å²) in [5.41, 5.74) is 1.13. The second-order valence-electron chi connectivity index (χ2n) is 4.96. The molecule has 1 aromatic rings. The standard InChI is InChI=1S/C14H17NO3/c1-9-8-11-12(15(9)14(16)17-2)13(18-11)10-6-4-3-5-7-10/h3-7,9,11-13H,8H2,1-2H3/t9-,11-,12+,13+/m1/s1. The summed E-state index contributed by atoms with van der Waals surface area (Å²) < 4.78 is 10.8. The molecular formula is C14H17NO3. The fourth-order valence-electron chi connectivity index (χ4n) is 3.04. The molecule has 2 aliphatic rings. The molecule has 1 amide bonds. The summed E-state index contributed by atoms with van der Waals surface area (Å²) in [4.78, 5) is 13.7. The van der Waals surface area contributed by atoms with Crippen molar-refractivity contribution in [1.82, 2.24) is 4.90 Å². The van der Waals surface area contributed by atoms with Crippen LogP contribution in [0.4, 0.5) is 4.79 Å². The Hall–Kier alpha value is -1.55. The Labute approximate surface area is 106 Å². The number of fused-ring (bicyclic) bond motifs is 1. The van der Waals surface area contributed by atoms with Gasteiger partial charge in [-0.2, -0.15) is 0 Å². The van der Waals surface area contributed by atoms with E-state index in [4.69, 9.17) is 9.47 Å². The topological polar surface area (TPSA) is 38.8 Å². The lowest BCUT2D eigenvalue weighted by Crippen LogP contribution is -2.54. The van der Waals surface area contributed by atoms with Gasteiger partial charge in [-0.1, -0.05) is 30.3 Å². The van der Waals surface area contributed by atoms with Gasteiger partial charge < -0.3 is 9.47 Å². The van der Waals surface area contributed by atoms with Crippen molar-refractivity contribution in [2.24, 2.45) is 0 Å². The molecule has 0 unspecified atom stereocenters. The van der Waals surface area contributed by atoms with Crippen molar-refractivity contribution < 1.29 is 14.3 Å². The van der Waals surface area contributed by atoms with Gasteiger partial charge in [-0.25, -0.2) is 4.79 Å². The van der Waals surface area contributed by atoms with Crippen LogP contribution in [0, 0.1) is 0 Å². The van der Waals surface area contributed by atoms with E-state index < -0.39 is 0 Å². The van der Waals surface area contributed by atoms with Crippen LogP contribution in [-0.2, 0) is 9.47 Å². The van der Waals surface area contributed by atoms with E-state index in [0.29, 0.717) is 0 Å². The lowest BCUT2D eigenvalue weighted by molar-refractivity contribution is -0.162. The monoisotopic (exact) mass is 247 g/mol. The Kier molecular flexibility index (Phi) is 2.74. The first-order valence-corrected chi connectivity index (χ1v) is 6.29. The van der Waals surface area contributed by atoms with Gasteiger partial charge in [-0.3, -0.25) is 4.90 Å². The van der Waals surface area contributed by atoms with E-state index in [2.05, 4.69) is 0 Å². The molecule has 1 aromatic carbocycles. The molecule has 2 fully saturated rings. The average molecular weight is 247 g/mol. The zero-order valence-electron chi connectivity index (χ0n) is 10.6. The number of hydrogen-bond donors (Lipinski definition) is 0. The molecular weight excluding hydrogens is 230 g/mol. The van der Waals surface area contributed by atoms with Crippen molar-refractivity contribution in [2.45, 2.75) is 37.6 Å². The lowest BCUT2D eigenvalue weighted by Gasteiger charge is -2.44. The summed E-state index contributed by atoms with van der Waals surface area (Å²) in [6, 6.07) is 10.4. The Morgan fingerprint density at radius 1 is 1.39 bits per heavy atom. The third kappa shape index (κ3) is 1.60. The van der Waals surface area contributed by atoms with Gasteiger partial charge in [0.05, 0.1) is 19.3 Å². The molecule has 4 nitrogen and oxygen atoms in total. The maximum Gasteiger partial charge on any atom is 0.410 e. The third-order valence-corrected chi connectivity index (χ3v) is 3.90. The van der Waals surface area contributed by atoms with Gasteiger partial charge in [0.1, 0.15) is 6.10 Å². The fraction of sp³-hybridized carbons (Fsp3) is 0.500. The van der Waals surface area contributed by atoms with Crippen LogP contribution in [-0.4, -0.2) is 36.3 Å². The molecule has 3 rings (SSSR count). The number of likely N-dealkylation sites (tertiary alicyclic amines) is 1. The Balaban J connectivity index is 1.84. The summed E-state index contributed by atoms with van der Waals surface area (Å²) in [5, 5.41) is 0. The molecule has 2 saturated heterocycles. The molecule has 4 atom stereocenters. The van der Waals surface area contributed by atoms with Gasteiger partial charge in [0.15, 0.2) is 0 Å². The maximum absolute atomic E-state index is 11.8. The van der Waals surface area contributed by atoms with E-state index in [1.807, 2.05) is 42.2 Å². The zero-order valence-corrected chi connectivity index (χ0v) is 10.6. The van der Waals surface area contributed by atoms with E-state index >= 15 is 0 Å². The summed E-state index contributed by atoms with van der Waals surface area (Å²) in [6.45, 7) is 2.04. The minimum atomic E-state index is -0.251. The van der Waals surface area contributed by atoms with Gasteiger partial charge in [0.25, 0.3) is 0 Å². The Morgan fingerprint density at radius 2 is 2.11 bits per heavy atom. The van der Waals surface area contributed by atoms with Crippen LogP contribution in [0.1, 0.15) is 25.0 Å². The molecule has 18 heavy (non-hydrogen) atoms. The molecule has 0 aliphatic carbocycles. The van der Waals surface area contributed by atoms with Gasteiger partial charge in [0.2, 0.25) is 0 Å². The first kappa shape index (κ1) is 11.5. The summed E-state index contributed by atoms with van der Waals surface area (Å²) in [6.07, 6.45) is 0.784. The number of carbonyl (C=O) groups excluding carboxylic acids is 1. The number of amides is 1. The van der Waals surface area contributed by atoms with Crippen molar-refractivity contribution in [3.8, 4) is 0 Å². The number of carbonyl (C=O) groups is 1. The van der Waals surface area contributed by atoms with Gasteiger partial charge in [-0.05, 0) is 18.9 Å². The highest BCUT2D eigenvalue weighted by Crippen LogP contribution is 2.46. The minimum absolute atomic E-state index is 0.0137. The van der Waals surface area contributed by atoms with E-state index in [0.717, 1.165) is 12.0 Å². The Morgan fingerprint density at radius 3 is 2.78 bits per heavy atom. The molecule has 0 spiro atoms. The molecule has 0 N–H and O–H groups in total. The number of methoxy groups -OCH3 is 1. The van der Waals surface area contributed by atoms with Crippen molar-refractivity contribution in [1.29, 1.82) is 0 Å². The third-order valence-electron chi connectivity index (χ3n) is 3.90. The van der Waals surface area contributed by atoms with Crippen LogP contribution in [0.5, 0.6) is 0 Å². The summed E-state index contributed by atoms with van der Waals surface area (Å²) >= 11 is 0. The van der Waals surface area contributed by atoms with Gasteiger partial charge in [0, 0.05) is 6.04 Å². The number of benzene rings is 1. The first-order valence-electron chi connectivity index (χ1n) is 6.29. The van der Waals surface area contributed by atoms with Crippen LogP contribution >= 0.6 is 0 Å². The van der Waals surface area contributed by atoms with Gasteiger partial charge >= 0.3 is 6.09 Å². The maximum atomic E-state index is 11.8. The van der Waals surface area contributed by atoms with Crippen LogP contribution in [0.15, 0.2) is 30.3 Å². The Bertz CT molecular complexity index is 448. The molecule has 4 heteroatoms. The SMILES string of the molecule is COC(=O)N1[C@H]2[C@@H](C[C@H]1C)O[C@H]2c1ccccc1. The van der Waals surface area contributed by atoms with Gasteiger partial charge in [-0.15, -0.1) is 0 Å². The summed E-state index contributed by atoms with van der Waals surface area (Å²) in [5.74, 6) is 0. The largest absolute Gasteiger partial charge is 0.453 e. The average Bonchev–Trinajstić information content (AvgIpc) is 2.63. The molecule has 0 radical (unpaired) electrons. The predicted molar refractivity (Wildman–Crippen MR) is 66.2 cm³/mol. The van der Waals surface area contributed by atoms with Crippen LogP contribution in [0.3, 0.4) is 0 Å². The normalized spacial score (nSPS) is 33.8. The number of ether oxygens (including phenoxy) is 2. The quantitative estimate of drug-likeness (QED) is 0.764. The van der Waals surface area contributed by atoms with Crippen molar-refractivity contribution in [3.05, 3.63) is 35.9 Å². The van der Waals surface area contributed by atoms with Crippen LogP contribution in [0.25, 0.3) is 0 Å². The second kappa shape index (κ2) is 4.28. The molecule has 0 bridgehead atoms. The molecule has 0 aromatic heterocycles. The zero-order chi connectivity index (χ0) is 12.7. The molecule has 96 valence electrons. The number of rotatable bonds is 1. The predicted octanol–water partition coefficient (Wildman–Crippen LogP) is 2.36. The van der Waals surface area contributed by atoms with Crippen molar-refractivity contribution in [3.63, 3.8) is 0 Å².